The second kappa shape index (κ2) is 4.77. The smallest absolute Gasteiger partial charge is 0.239 e. The van der Waals surface area contributed by atoms with Gasteiger partial charge in [-0.15, -0.1) is 0 Å². The number of nitrogens with zero attached hydrogens (tertiary/aromatic N) is 2. The van der Waals surface area contributed by atoms with E-state index in [4.69, 9.17) is 0 Å². The van der Waals surface area contributed by atoms with Gasteiger partial charge in [-0.05, 0) is 44.4 Å². The molecule has 0 bridgehead atoms. The van der Waals surface area contributed by atoms with E-state index in [0.717, 1.165) is 19.4 Å². The lowest BCUT2D eigenvalue weighted by molar-refractivity contribution is -0.133. The number of hydrogen-bond donors (Lipinski definition) is 0. The van der Waals surface area contributed by atoms with Crippen LogP contribution in [0.25, 0.3) is 0 Å². The summed E-state index contributed by atoms with van der Waals surface area (Å²) < 4.78 is -0.484. The fourth-order valence-electron chi connectivity index (χ4n) is 2.28. The van der Waals surface area contributed by atoms with E-state index in [1.807, 2.05) is 30.9 Å². The van der Waals surface area contributed by atoms with Gasteiger partial charge in [0.15, 0.2) is 0 Å². The summed E-state index contributed by atoms with van der Waals surface area (Å²) >= 11 is 3.45. The first kappa shape index (κ1) is 12.6. The molecule has 4 heteroatoms. The molecule has 1 unspecified atom stereocenters. The van der Waals surface area contributed by atoms with Crippen molar-refractivity contribution in [1.82, 2.24) is 9.88 Å². The summed E-state index contributed by atoms with van der Waals surface area (Å²) in [5, 5.41) is 0. The van der Waals surface area contributed by atoms with Crippen LogP contribution in [0.5, 0.6) is 0 Å². The Balaban J connectivity index is 2.22. The molecule has 92 valence electrons. The van der Waals surface area contributed by atoms with Crippen LogP contribution in [-0.4, -0.2) is 26.7 Å². The number of amides is 1. The number of hydrogen-bond acceptors (Lipinski definition) is 2. The number of rotatable bonds is 2. The molecule has 1 amide bonds. The Morgan fingerprint density at radius 2 is 2.12 bits per heavy atom. The summed E-state index contributed by atoms with van der Waals surface area (Å²) in [7, 11) is 0. The maximum Gasteiger partial charge on any atom is 0.239 e. The highest BCUT2D eigenvalue weighted by atomic mass is 79.9. The number of carbonyl (C=O) groups is 1. The first-order valence-corrected chi connectivity index (χ1v) is 6.69. The van der Waals surface area contributed by atoms with Gasteiger partial charge in [-0.3, -0.25) is 9.78 Å². The van der Waals surface area contributed by atoms with Crippen LogP contribution in [-0.2, 0) is 4.79 Å². The number of alkyl halides is 1. The molecule has 17 heavy (non-hydrogen) atoms. The minimum absolute atomic E-state index is 0.164. The molecule has 3 nitrogen and oxygen atoms in total. The molecule has 2 rings (SSSR count). The fraction of sp³-hybridized carbons (Fsp3) is 0.538. The predicted molar refractivity (Wildman–Crippen MR) is 70.9 cm³/mol. The third-order valence-corrected chi connectivity index (χ3v) is 3.45. The van der Waals surface area contributed by atoms with Crippen molar-refractivity contribution in [2.45, 2.75) is 37.1 Å². The number of likely N-dealkylation sites (tertiary alicyclic amines) is 1. The minimum Gasteiger partial charge on any atom is -0.334 e. The first-order valence-electron chi connectivity index (χ1n) is 5.90. The molecule has 1 aromatic rings. The summed E-state index contributed by atoms with van der Waals surface area (Å²) in [5.41, 5.74) is 1.18. The lowest BCUT2D eigenvalue weighted by atomic mass is 10.0. The topological polar surface area (TPSA) is 33.2 Å². The molecule has 1 aliphatic heterocycles. The van der Waals surface area contributed by atoms with E-state index in [1.54, 1.807) is 12.4 Å². The molecule has 1 fully saturated rings. The zero-order valence-corrected chi connectivity index (χ0v) is 11.8. The van der Waals surface area contributed by atoms with Crippen LogP contribution in [0.2, 0.25) is 0 Å². The Labute approximate surface area is 110 Å². The summed E-state index contributed by atoms with van der Waals surface area (Å²) in [6.45, 7) is 4.65. The maximum absolute atomic E-state index is 12.3. The SMILES string of the molecule is CC(C)(Br)C(=O)N1CCCC1c1ccncc1. The lowest BCUT2D eigenvalue weighted by Crippen LogP contribution is -2.41. The van der Waals surface area contributed by atoms with Gasteiger partial charge < -0.3 is 4.90 Å². The molecule has 0 N–H and O–H groups in total. The van der Waals surface area contributed by atoms with Crippen LogP contribution >= 0.6 is 15.9 Å². The van der Waals surface area contributed by atoms with Gasteiger partial charge in [0, 0.05) is 18.9 Å². The van der Waals surface area contributed by atoms with Crippen LogP contribution in [0.3, 0.4) is 0 Å². The molecule has 1 atom stereocenters. The average molecular weight is 297 g/mol. The summed E-state index contributed by atoms with van der Waals surface area (Å²) in [4.78, 5) is 18.3. The largest absolute Gasteiger partial charge is 0.334 e. The van der Waals surface area contributed by atoms with E-state index in [9.17, 15) is 4.79 Å². The molecule has 1 aromatic heterocycles. The molecular formula is C13H17BrN2O. The third kappa shape index (κ3) is 2.68. The molecule has 0 saturated carbocycles. The van der Waals surface area contributed by atoms with E-state index in [0.29, 0.717) is 0 Å². The standard InChI is InChI=1S/C13H17BrN2O/c1-13(2,14)12(17)16-9-3-4-11(16)10-5-7-15-8-6-10/h5-8,11H,3-4,9H2,1-2H3. The molecule has 0 spiro atoms. The summed E-state index contributed by atoms with van der Waals surface area (Å²) in [5.74, 6) is 0.164. The zero-order chi connectivity index (χ0) is 12.5. The number of carbonyl (C=O) groups excluding carboxylic acids is 1. The molecule has 2 heterocycles. The van der Waals surface area contributed by atoms with Gasteiger partial charge in [-0.1, -0.05) is 15.9 Å². The van der Waals surface area contributed by atoms with Crippen molar-refractivity contribution in [1.29, 1.82) is 0 Å². The van der Waals surface area contributed by atoms with Gasteiger partial charge >= 0.3 is 0 Å². The minimum atomic E-state index is -0.484. The van der Waals surface area contributed by atoms with E-state index in [-0.39, 0.29) is 11.9 Å². The Bertz CT molecular complexity index is 400. The van der Waals surface area contributed by atoms with Gasteiger partial charge in [-0.25, -0.2) is 0 Å². The Morgan fingerprint density at radius 1 is 1.47 bits per heavy atom. The van der Waals surface area contributed by atoms with Crippen molar-refractivity contribution < 1.29 is 4.79 Å². The quantitative estimate of drug-likeness (QED) is 0.786. The molecule has 0 radical (unpaired) electrons. The molecule has 1 saturated heterocycles. The predicted octanol–water partition coefficient (Wildman–Crippen LogP) is 2.92. The number of halogens is 1. The summed E-state index contributed by atoms with van der Waals surface area (Å²) in [6.07, 6.45) is 5.69. The van der Waals surface area contributed by atoms with Crippen molar-refractivity contribution in [2.24, 2.45) is 0 Å². The van der Waals surface area contributed by atoms with Gasteiger partial charge in [0.05, 0.1) is 10.4 Å². The fourth-order valence-corrected chi connectivity index (χ4v) is 2.51. The van der Waals surface area contributed by atoms with Crippen LogP contribution < -0.4 is 0 Å². The van der Waals surface area contributed by atoms with Crippen LogP contribution in [0.1, 0.15) is 38.3 Å². The van der Waals surface area contributed by atoms with E-state index in [2.05, 4.69) is 20.9 Å². The van der Waals surface area contributed by atoms with Gasteiger partial charge in [0.2, 0.25) is 5.91 Å². The second-order valence-corrected chi connectivity index (χ2v) is 6.89. The van der Waals surface area contributed by atoms with Crippen molar-refractivity contribution in [3.63, 3.8) is 0 Å². The average Bonchev–Trinajstić information content (AvgIpc) is 2.76. The molecule has 0 aromatic carbocycles. The number of aromatic nitrogens is 1. The molecule has 1 aliphatic rings. The Hall–Kier alpha value is -0.900. The van der Waals surface area contributed by atoms with E-state index < -0.39 is 4.32 Å². The molecule has 0 aliphatic carbocycles. The lowest BCUT2D eigenvalue weighted by Gasteiger charge is -2.30. The first-order chi connectivity index (χ1) is 8.00. The van der Waals surface area contributed by atoms with Crippen LogP contribution in [0.15, 0.2) is 24.5 Å². The van der Waals surface area contributed by atoms with Gasteiger partial charge in [-0.2, -0.15) is 0 Å². The normalized spacial score (nSPS) is 20.6. The highest BCUT2D eigenvalue weighted by Gasteiger charge is 2.36. The Kier molecular flexibility index (Phi) is 3.52. The van der Waals surface area contributed by atoms with Crippen molar-refractivity contribution in [3.8, 4) is 0 Å². The zero-order valence-electron chi connectivity index (χ0n) is 10.2. The molecular weight excluding hydrogens is 280 g/mol. The monoisotopic (exact) mass is 296 g/mol. The number of pyridine rings is 1. The van der Waals surface area contributed by atoms with E-state index >= 15 is 0 Å². The Morgan fingerprint density at radius 3 is 2.71 bits per heavy atom. The maximum atomic E-state index is 12.3. The van der Waals surface area contributed by atoms with Crippen molar-refractivity contribution >= 4 is 21.8 Å². The highest BCUT2D eigenvalue weighted by molar-refractivity contribution is 9.10. The highest BCUT2D eigenvalue weighted by Crippen LogP contribution is 2.34. The third-order valence-electron chi connectivity index (χ3n) is 3.11. The second-order valence-electron chi connectivity index (χ2n) is 4.91. The van der Waals surface area contributed by atoms with E-state index in [1.165, 1.54) is 5.56 Å². The van der Waals surface area contributed by atoms with Crippen molar-refractivity contribution in [3.05, 3.63) is 30.1 Å². The van der Waals surface area contributed by atoms with Gasteiger partial charge in [0.1, 0.15) is 0 Å². The van der Waals surface area contributed by atoms with Crippen LogP contribution in [0, 0.1) is 0 Å². The van der Waals surface area contributed by atoms with Crippen LogP contribution in [0.4, 0.5) is 0 Å². The van der Waals surface area contributed by atoms with Crippen molar-refractivity contribution in [2.75, 3.05) is 6.54 Å². The van der Waals surface area contributed by atoms with Gasteiger partial charge in [0.25, 0.3) is 0 Å². The summed E-state index contributed by atoms with van der Waals surface area (Å²) in [6, 6.07) is 4.21.